The molecule has 2 aliphatic heterocycles. The third-order valence-corrected chi connectivity index (χ3v) is 5.76. The summed E-state index contributed by atoms with van der Waals surface area (Å²) in [5.74, 6) is 0.540. The van der Waals surface area contributed by atoms with E-state index >= 15 is 0 Å². The number of carbonyl (C=O) groups is 2. The van der Waals surface area contributed by atoms with Crippen molar-refractivity contribution in [2.45, 2.75) is 52.7 Å². The van der Waals surface area contributed by atoms with E-state index < -0.39 is 5.60 Å². The minimum absolute atomic E-state index is 0.0653. The van der Waals surface area contributed by atoms with Crippen molar-refractivity contribution in [2.75, 3.05) is 19.7 Å². The van der Waals surface area contributed by atoms with Gasteiger partial charge in [-0.15, -0.1) is 0 Å². The van der Waals surface area contributed by atoms with Crippen molar-refractivity contribution < 1.29 is 19.1 Å². The SMILES string of the molecule is CC(C)(C)OC(=O)N1CC(C)(C)C1COc1cnccc1-c1cc2c([nH]1)CCNC2=O. The van der Waals surface area contributed by atoms with E-state index in [1.54, 1.807) is 17.3 Å². The first-order valence-electron chi connectivity index (χ1n) is 10.6. The molecule has 1 fully saturated rings. The van der Waals surface area contributed by atoms with Crippen molar-refractivity contribution in [3.05, 3.63) is 35.8 Å². The Kier molecular flexibility index (Phi) is 5.19. The molecule has 0 bridgehead atoms. The second kappa shape index (κ2) is 7.59. The second-order valence-corrected chi connectivity index (χ2v) is 9.88. The minimum Gasteiger partial charge on any atom is -0.489 e. The molecule has 8 nitrogen and oxygen atoms in total. The highest BCUT2D eigenvalue weighted by atomic mass is 16.6. The molecule has 2 aromatic heterocycles. The van der Waals surface area contributed by atoms with Gasteiger partial charge in [0, 0.05) is 42.4 Å². The summed E-state index contributed by atoms with van der Waals surface area (Å²) in [7, 11) is 0. The van der Waals surface area contributed by atoms with E-state index in [1.165, 1.54) is 0 Å². The molecule has 31 heavy (non-hydrogen) atoms. The second-order valence-electron chi connectivity index (χ2n) is 9.88. The van der Waals surface area contributed by atoms with Crippen LogP contribution in [0.2, 0.25) is 0 Å². The van der Waals surface area contributed by atoms with E-state index in [0.717, 1.165) is 23.4 Å². The maximum Gasteiger partial charge on any atom is 0.410 e. The highest BCUT2D eigenvalue weighted by molar-refractivity contribution is 5.98. The molecule has 166 valence electrons. The van der Waals surface area contributed by atoms with Crippen molar-refractivity contribution >= 4 is 12.0 Å². The number of H-pyrrole nitrogens is 1. The summed E-state index contributed by atoms with van der Waals surface area (Å²) in [6.45, 7) is 11.4. The molecule has 4 rings (SSSR count). The van der Waals surface area contributed by atoms with Crippen LogP contribution in [0, 0.1) is 5.41 Å². The third kappa shape index (κ3) is 4.24. The van der Waals surface area contributed by atoms with Gasteiger partial charge in [0.15, 0.2) is 0 Å². The fourth-order valence-corrected chi connectivity index (χ4v) is 4.12. The molecule has 2 aliphatic rings. The lowest BCUT2D eigenvalue weighted by atomic mass is 9.75. The lowest BCUT2D eigenvalue weighted by Gasteiger charge is -2.53. The predicted molar refractivity (Wildman–Crippen MR) is 116 cm³/mol. The molecule has 2 N–H and O–H groups in total. The number of carbonyl (C=O) groups excluding carboxylic acids is 2. The van der Waals surface area contributed by atoms with Crippen LogP contribution in [0.15, 0.2) is 24.5 Å². The zero-order valence-corrected chi connectivity index (χ0v) is 18.7. The number of nitrogens with zero attached hydrogens (tertiary/aromatic N) is 2. The van der Waals surface area contributed by atoms with Crippen LogP contribution in [0.5, 0.6) is 5.75 Å². The number of hydrogen-bond donors (Lipinski definition) is 2. The van der Waals surface area contributed by atoms with E-state index in [0.29, 0.717) is 31.0 Å². The first-order chi connectivity index (χ1) is 14.5. The summed E-state index contributed by atoms with van der Waals surface area (Å²) < 4.78 is 11.7. The summed E-state index contributed by atoms with van der Waals surface area (Å²) in [6, 6.07) is 3.60. The van der Waals surface area contributed by atoms with E-state index in [2.05, 4.69) is 29.1 Å². The Morgan fingerprint density at radius 1 is 1.32 bits per heavy atom. The number of amides is 2. The number of hydrogen-bond acceptors (Lipinski definition) is 5. The zero-order chi connectivity index (χ0) is 22.4. The maximum absolute atomic E-state index is 12.6. The van der Waals surface area contributed by atoms with Crippen LogP contribution in [0.25, 0.3) is 11.3 Å². The van der Waals surface area contributed by atoms with Gasteiger partial charge in [-0.05, 0) is 32.9 Å². The van der Waals surface area contributed by atoms with Gasteiger partial charge in [-0.1, -0.05) is 13.8 Å². The first kappa shape index (κ1) is 21.2. The lowest BCUT2D eigenvalue weighted by Crippen LogP contribution is -2.66. The van der Waals surface area contributed by atoms with Crippen LogP contribution in [0.3, 0.4) is 0 Å². The fourth-order valence-electron chi connectivity index (χ4n) is 4.12. The van der Waals surface area contributed by atoms with E-state index in [9.17, 15) is 9.59 Å². The Hall–Kier alpha value is -3.03. The molecule has 4 heterocycles. The van der Waals surface area contributed by atoms with Crippen molar-refractivity contribution in [3.63, 3.8) is 0 Å². The zero-order valence-electron chi connectivity index (χ0n) is 18.7. The molecule has 0 radical (unpaired) electrons. The van der Waals surface area contributed by atoms with Gasteiger partial charge in [-0.2, -0.15) is 0 Å². The first-order valence-corrected chi connectivity index (χ1v) is 10.6. The molecule has 1 atom stereocenters. The van der Waals surface area contributed by atoms with E-state index in [-0.39, 0.29) is 23.5 Å². The van der Waals surface area contributed by atoms with Gasteiger partial charge in [-0.25, -0.2) is 4.79 Å². The van der Waals surface area contributed by atoms with E-state index in [4.69, 9.17) is 9.47 Å². The molecule has 0 aliphatic carbocycles. The summed E-state index contributed by atoms with van der Waals surface area (Å²) in [4.78, 5) is 34.0. The monoisotopic (exact) mass is 426 g/mol. The normalized spacial score (nSPS) is 19.8. The number of ether oxygens (including phenoxy) is 2. The smallest absolute Gasteiger partial charge is 0.410 e. The van der Waals surface area contributed by atoms with Crippen LogP contribution in [-0.2, 0) is 11.2 Å². The molecular formula is C23H30N4O4. The average molecular weight is 427 g/mol. The number of nitrogens with one attached hydrogen (secondary N) is 2. The molecular weight excluding hydrogens is 396 g/mol. The molecule has 1 saturated heterocycles. The van der Waals surface area contributed by atoms with Crippen LogP contribution < -0.4 is 10.1 Å². The summed E-state index contributed by atoms with van der Waals surface area (Å²) >= 11 is 0. The average Bonchev–Trinajstić information content (AvgIpc) is 3.11. The molecule has 8 heteroatoms. The summed E-state index contributed by atoms with van der Waals surface area (Å²) in [6.07, 6.45) is 3.81. The Bertz CT molecular complexity index is 1010. The predicted octanol–water partition coefficient (Wildman–Crippen LogP) is 3.39. The molecule has 0 aromatic carbocycles. The Morgan fingerprint density at radius 2 is 2.10 bits per heavy atom. The maximum atomic E-state index is 12.6. The highest BCUT2D eigenvalue weighted by Gasteiger charge is 2.50. The Balaban J connectivity index is 1.52. The van der Waals surface area contributed by atoms with Crippen molar-refractivity contribution in [1.29, 1.82) is 0 Å². The van der Waals surface area contributed by atoms with Gasteiger partial charge in [0.2, 0.25) is 0 Å². The lowest BCUT2D eigenvalue weighted by molar-refractivity contribution is -0.0779. The molecule has 1 unspecified atom stereocenters. The quantitative estimate of drug-likeness (QED) is 0.781. The molecule has 2 aromatic rings. The van der Waals surface area contributed by atoms with Gasteiger partial charge in [0.1, 0.15) is 18.0 Å². The Labute approximate surface area is 182 Å². The van der Waals surface area contributed by atoms with Crippen LogP contribution in [-0.4, -0.2) is 58.2 Å². The van der Waals surface area contributed by atoms with Crippen molar-refractivity contribution in [1.82, 2.24) is 20.2 Å². The number of rotatable bonds is 4. The highest BCUT2D eigenvalue weighted by Crippen LogP contribution is 2.39. The van der Waals surface area contributed by atoms with Gasteiger partial charge in [-0.3, -0.25) is 9.78 Å². The fraction of sp³-hybridized carbons (Fsp3) is 0.522. The van der Waals surface area contributed by atoms with Crippen LogP contribution in [0.1, 0.15) is 50.7 Å². The van der Waals surface area contributed by atoms with Gasteiger partial charge in [0.05, 0.1) is 23.5 Å². The summed E-state index contributed by atoms with van der Waals surface area (Å²) in [5, 5.41) is 2.86. The van der Waals surface area contributed by atoms with E-state index in [1.807, 2.05) is 32.9 Å². The van der Waals surface area contributed by atoms with Gasteiger partial charge < -0.3 is 24.7 Å². The molecule has 0 spiro atoms. The topological polar surface area (TPSA) is 96.5 Å². The number of aromatic nitrogens is 2. The standard InChI is InChI=1S/C23H30N4O4/c1-22(2,3)31-21(29)27-13-23(4,5)19(27)12-30-18-11-24-8-6-14(18)17-10-15-16(26-17)7-9-25-20(15)28/h6,8,10-11,19,26H,7,9,12-13H2,1-5H3,(H,25,28). The van der Waals surface area contributed by atoms with Crippen LogP contribution in [0.4, 0.5) is 4.79 Å². The number of pyridine rings is 1. The van der Waals surface area contributed by atoms with Crippen LogP contribution >= 0.6 is 0 Å². The largest absolute Gasteiger partial charge is 0.489 e. The Morgan fingerprint density at radius 3 is 2.77 bits per heavy atom. The minimum atomic E-state index is -0.544. The van der Waals surface area contributed by atoms with Crippen molar-refractivity contribution in [3.8, 4) is 17.0 Å². The van der Waals surface area contributed by atoms with Gasteiger partial charge in [0.25, 0.3) is 5.91 Å². The molecule has 0 saturated carbocycles. The summed E-state index contributed by atoms with van der Waals surface area (Å²) in [5.41, 5.74) is 2.62. The molecule has 2 amide bonds. The van der Waals surface area contributed by atoms with Crippen molar-refractivity contribution in [2.24, 2.45) is 5.41 Å². The third-order valence-electron chi connectivity index (χ3n) is 5.76. The number of fused-ring (bicyclic) bond motifs is 1. The number of aromatic amines is 1. The number of likely N-dealkylation sites (tertiary alicyclic amines) is 1. The van der Waals surface area contributed by atoms with Gasteiger partial charge >= 0.3 is 6.09 Å².